The average Bonchev–Trinajstić information content (AvgIpc) is 2.34. The van der Waals surface area contributed by atoms with Gasteiger partial charge in [0.25, 0.3) is 0 Å². The van der Waals surface area contributed by atoms with Gasteiger partial charge in [-0.15, -0.1) is 6.58 Å². The summed E-state index contributed by atoms with van der Waals surface area (Å²) in [7, 11) is 0. The molecule has 0 bridgehead atoms. The van der Waals surface area contributed by atoms with Crippen molar-refractivity contribution < 1.29 is 4.39 Å². The molecule has 0 aliphatic carbocycles. The minimum Gasteiger partial charge on any atom is -0.246 e. The molecule has 0 N–H and O–H groups in total. The summed E-state index contributed by atoms with van der Waals surface area (Å²) >= 11 is 1.07. The Balaban J connectivity index is 2.84. The zero-order valence-electron chi connectivity index (χ0n) is 5.67. The van der Waals surface area contributed by atoms with Gasteiger partial charge < -0.3 is 0 Å². The molecule has 1 atom stereocenters. The van der Waals surface area contributed by atoms with Crippen molar-refractivity contribution in [3.8, 4) is 0 Å². The van der Waals surface area contributed by atoms with Crippen molar-refractivity contribution in [2.24, 2.45) is 0 Å². The molecule has 1 nitrogen and oxygen atoms in total. The molecule has 1 aromatic rings. The van der Waals surface area contributed by atoms with Crippen LogP contribution in [0.3, 0.4) is 0 Å². The van der Waals surface area contributed by atoms with Gasteiger partial charge in [0, 0.05) is 5.92 Å². The second kappa shape index (κ2) is 2.92. The minimum absolute atomic E-state index is 0.162. The summed E-state index contributed by atoms with van der Waals surface area (Å²) in [4.78, 5) is 3.86. The van der Waals surface area contributed by atoms with Gasteiger partial charge in [0.2, 0.25) is 0 Å². The van der Waals surface area contributed by atoms with Gasteiger partial charge in [-0.25, -0.2) is 4.98 Å². The predicted octanol–water partition coefficient (Wildman–Crippen LogP) is 2.57. The molecule has 1 rings (SSSR count). The molecular weight excluding hydrogens is 149 g/mol. The van der Waals surface area contributed by atoms with Crippen molar-refractivity contribution in [2.75, 3.05) is 0 Å². The zero-order valence-corrected chi connectivity index (χ0v) is 6.49. The lowest BCUT2D eigenvalue weighted by Gasteiger charge is -1.96. The van der Waals surface area contributed by atoms with Crippen molar-refractivity contribution in [3.63, 3.8) is 0 Å². The summed E-state index contributed by atoms with van der Waals surface area (Å²) in [6.45, 7) is 5.53. The molecule has 0 saturated heterocycles. The van der Waals surface area contributed by atoms with Crippen molar-refractivity contribution in [2.45, 2.75) is 12.8 Å². The van der Waals surface area contributed by atoms with Crippen LogP contribution in [-0.2, 0) is 0 Å². The van der Waals surface area contributed by atoms with Crippen LogP contribution in [-0.4, -0.2) is 4.98 Å². The van der Waals surface area contributed by atoms with Gasteiger partial charge in [-0.3, -0.25) is 0 Å². The molecule has 0 saturated carbocycles. The van der Waals surface area contributed by atoms with Crippen LogP contribution in [0.25, 0.3) is 0 Å². The number of thiazole rings is 1. The zero-order chi connectivity index (χ0) is 7.56. The first-order valence-corrected chi connectivity index (χ1v) is 3.79. The Kier molecular flexibility index (Phi) is 2.17. The average molecular weight is 157 g/mol. The first kappa shape index (κ1) is 7.41. The maximum absolute atomic E-state index is 12.3. The lowest BCUT2D eigenvalue weighted by Crippen LogP contribution is -1.84. The molecule has 0 fully saturated rings. The molecule has 0 aromatic carbocycles. The van der Waals surface area contributed by atoms with E-state index in [-0.39, 0.29) is 11.0 Å². The van der Waals surface area contributed by atoms with Crippen LogP contribution >= 0.6 is 11.3 Å². The van der Waals surface area contributed by atoms with E-state index in [1.165, 1.54) is 6.20 Å². The van der Waals surface area contributed by atoms with Gasteiger partial charge in [0.05, 0.1) is 6.20 Å². The first-order chi connectivity index (χ1) is 4.74. The minimum atomic E-state index is -0.233. The molecule has 0 aliphatic heterocycles. The fourth-order valence-corrected chi connectivity index (χ4v) is 1.27. The Labute approximate surface area is 63.2 Å². The molecular formula is C7H8FNS. The van der Waals surface area contributed by atoms with E-state index in [9.17, 15) is 4.39 Å². The molecule has 1 heterocycles. The van der Waals surface area contributed by atoms with Crippen LogP contribution in [0, 0.1) is 5.13 Å². The molecule has 54 valence electrons. The molecule has 0 amide bonds. The quantitative estimate of drug-likeness (QED) is 0.601. The number of allylic oxidation sites excluding steroid dienone is 1. The van der Waals surface area contributed by atoms with Gasteiger partial charge in [0.15, 0.2) is 5.13 Å². The molecule has 3 heteroatoms. The van der Waals surface area contributed by atoms with Gasteiger partial charge in [-0.2, -0.15) is 4.39 Å². The Bertz CT molecular complexity index is 231. The van der Waals surface area contributed by atoms with Crippen molar-refractivity contribution in [3.05, 3.63) is 29.0 Å². The third-order valence-corrected chi connectivity index (χ3v) is 2.23. The highest BCUT2D eigenvalue weighted by atomic mass is 32.1. The van der Waals surface area contributed by atoms with Crippen molar-refractivity contribution in [1.82, 2.24) is 4.98 Å². The standard InChI is InChI=1S/C7H8FNS/c1-3-5(2)7-9-4-6(8)10-7/h3-5H,1H2,2H3. The monoisotopic (exact) mass is 157 g/mol. The van der Waals surface area contributed by atoms with Crippen molar-refractivity contribution >= 4 is 11.3 Å². The maximum Gasteiger partial charge on any atom is 0.196 e. The third-order valence-electron chi connectivity index (χ3n) is 1.24. The molecule has 0 aliphatic rings. The highest BCUT2D eigenvalue weighted by molar-refractivity contribution is 7.10. The normalized spacial score (nSPS) is 13.0. The van der Waals surface area contributed by atoms with Gasteiger partial charge in [-0.05, 0) is 0 Å². The van der Waals surface area contributed by atoms with Gasteiger partial charge in [-0.1, -0.05) is 24.3 Å². The van der Waals surface area contributed by atoms with Crippen LogP contribution in [0.5, 0.6) is 0 Å². The fraction of sp³-hybridized carbons (Fsp3) is 0.286. The molecule has 1 aromatic heterocycles. The summed E-state index contributed by atoms with van der Waals surface area (Å²) < 4.78 is 12.3. The lowest BCUT2D eigenvalue weighted by atomic mass is 10.2. The van der Waals surface area contributed by atoms with Crippen LogP contribution < -0.4 is 0 Å². The highest BCUT2D eigenvalue weighted by Crippen LogP contribution is 2.20. The number of nitrogens with zero attached hydrogens (tertiary/aromatic N) is 1. The van der Waals surface area contributed by atoms with E-state index in [1.807, 2.05) is 6.92 Å². The van der Waals surface area contributed by atoms with E-state index in [0.717, 1.165) is 16.3 Å². The molecule has 10 heavy (non-hydrogen) atoms. The second-order valence-corrected chi connectivity index (χ2v) is 3.04. The summed E-state index contributed by atoms with van der Waals surface area (Å²) in [5.41, 5.74) is 0. The lowest BCUT2D eigenvalue weighted by molar-refractivity contribution is 0.653. The number of aromatic nitrogens is 1. The SMILES string of the molecule is C=CC(C)c1ncc(F)s1. The Hall–Kier alpha value is -0.700. The maximum atomic E-state index is 12.3. The number of halogens is 1. The molecule has 0 spiro atoms. The number of hydrogen-bond donors (Lipinski definition) is 0. The van der Waals surface area contributed by atoms with Crippen LogP contribution in [0.4, 0.5) is 4.39 Å². The van der Waals surface area contributed by atoms with E-state index in [1.54, 1.807) is 6.08 Å². The fourth-order valence-electron chi connectivity index (χ4n) is 0.578. The summed E-state index contributed by atoms with van der Waals surface area (Å²) in [6.07, 6.45) is 2.98. The van der Waals surface area contributed by atoms with E-state index in [0.29, 0.717) is 0 Å². The van der Waals surface area contributed by atoms with Gasteiger partial charge >= 0.3 is 0 Å². The highest BCUT2D eigenvalue weighted by Gasteiger charge is 2.05. The van der Waals surface area contributed by atoms with E-state index in [4.69, 9.17) is 0 Å². The third kappa shape index (κ3) is 1.42. The second-order valence-electron chi connectivity index (χ2n) is 2.03. The largest absolute Gasteiger partial charge is 0.246 e. The summed E-state index contributed by atoms with van der Waals surface area (Å²) in [6, 6.07) is 0. The first-order valence-electron chi connectivity index (χ1n) is 2.98. The van der Waals surface area contributed by atoms with Crippen molar-refractivity contribution in [1.29, 1.82) is 0 Å². The van der Waals surface area contributed by atoms with E-state index in [2.05, 4.69) is 11.6 Å². The van der Waals surface area contributed by atoms with Crippen LogP contribution in [0.15, 0.2) is 18.9 Å². The van der Waals surface area contributed by atoms with E-state index >= 15 is 0 Å². The van der Waals surface area contributed by atoms with Crippen LogP contribution in [0.1, 0.15) is 17.8 Å². The van der Waals surface area contributed by atoms with Gasteiger partial charge in [0.1, 0.15) is 5.01 Å². The Morgan fingerprint density at radius 1 is 1.90 bits per heavy atom. The summed E-state index contributed by atoms with van der Waals surface area (Å²) in [5.74, 6) is 0.162. The smallest absolute Gasteiger partial charge is 0.196 e. The summed E-state index contributed by atoms with van der Waals surface area (Å²) in [5, 5.41) is 0.552. The number of rotatable bonds is 2. The molecule has 0 radical (unpaired) electrons. The predicted molar refractivity (Wildman–Crippen MR) is 40.7 cm³/mol. The topological polar surface area (TPSA) is 12.9 Å². The van der Waals surface area contributed by atoms with Crippen LogP contribution in [0.2, 0.25) is 0 Å². The Morgan fingerprint density at radius 2 is 2.60 bits per heavy atom. The molecule has 1 unspecified atom stereocenters. The number of hydrogen-bond acceptors (Lipinski definition) is 2. The van der Waals surface area contributed by atoms with E-state index < -0.39 is 0 Å². The Morgan fingerprint density at radius 3 is 3.00 bits per heavy atom.